The maximum atomic E-state index is 10.6. The van der Waals surface area contributed by atoms with Gasteiger partial charge in [-0.15, -0.1) is 0 Å². The second kappa shape index (κ2) is 8.85. The van der Waals surface area contributed by atoms with Crippen molar-refractivity contribution >= 4 is 6.08 Å². The zero-order valence-corrected chi connectivity index (χ0v) is 10.4. The first-order valence-electron chi connectivity index (χ1n) is 5.61. The van der Waals surface area contributed by atoms with Gasteiger partial charge < -0.3 is 10.3 Å². The van der Waals surface area contributed by atoms with Crippen molar-refractivity contribution in [3.8, 4) is 0 Å². The fourth-order valence-electron chi connectivity index (χ4n) is 0.970. The van der Waals surface area contributed by atoms with Crippen LogP contribution in [0.25, 0.3) is 6.08 Å². The normalized spacial score (nSPS) is 12.0. The lowest BCUT2D eigenvalue weighted by molar-refractivity contribution is 0.621. The topological polar surface area (TPSA) is 57.8 Å². The van der Waals surface area contributed by atoms with E-state index in [1.54, 1.807) is 12.4 Å². The molecule has 90 valence electrons. The Kier molecular flexibility index (Phi) is 8.07. The minimum Gasteiger partial charge on any atom is -0.317 e. The van der Waals surface area contributed by atoms with Crippen molar-refractivity contribution in [2.75, 3.05) is 7.05 Å². The van der Waals surface area contributed by atoms with Gasteiger partial charge >= 0.3 is 5.69 Å². The highest BCUT2D eigenvalue weighted by atomic mass is 16.1. The highest BCUT2D eigenvalue weighted by Gasteiger charge is 1.92. The lowest BCUT2D eigenvalue weighted by Gasteiger charge is -2.04. The van der Waals surface area contributed by atoms with E-state index in [0.717, 1.165) is 12.0 Å². The van der Waals surface area contributed by atoms with Gasteiger partial charge in [0.05, 0.1) is 0 Å². The predicted octanol–water partition coefficient (Wildman–Crippen LogP) is 1.81. The van der Waals surface area contributed by atoms with Crippen molar-refractivity contribution in [3.63, 3.8) is 0 Å². The van der Waals surface area contributed by atoms with Crippen LogP contribution in [0.3, 0.4) is 0 Å². The standard InChI is InChI=1S/C10H15N3O.C2H6/c1-8(11-2)4-3-5-9-6-12-10(14)13-7-9;1-2/h3,5-8,11H,4H2,1-2H3,(H,12,13,14);1-2H3/b5-3+;. The van der Waals surface area contributed by atoms with E-state index < -0.39 is 0 Å². The van der Waals surface area contributed by atoms with Crippen LogP contribution in [0.15, 0.2) is 23.3 Å². The molecule has 1 rings (SSSR count). The second-order valence-corrected chi connectivity index (χ2v) is 3.18. The van der Waals surface area contributed by atoms with E-state index in [9.17, 15) is 4.79 Å². The van der Waals surface area contributed by atoms with Gasteiger partial charge in [0.2, 0.25) is 0 Å². The molecule has 1 aromatic rings. The smallest absolute Gasteiger partial charge is 0.317 e. The SMILES string of the molecule is CC.CNC(C)C/C=C/c1cnc(=O)[nH]c1. The van der Waals surface area contributed by atoms with Crippen LogP contribution < -0.4 is 11.0 Å². The molecule has 0 aliphatic heterocycles. The first-order chi connectivity index (χ1) is 7.72. The number of H-pyrrole nitrogens is 1. The molecular weight excluding hydrogens is 202 g/mol. The lowest BCUT2D eigenvalue weighted by atomic mass is 10.2. The average molecular weight is 223 g/mol. The summed E-state index contributed by atoms with van der Waals surface area (Å²) in [5.74, 6) is 0. The van der Waals surface area contributed by atoms with E-state index in [2.05, 4.69) is 28.3 Å². The summed E-state index contributed by atoms with van der Waals surface area (Å²) in [5.41, 5.74) is 0.596. The third kappa shape index (κ3) is 6.14. The highest BCUT2D eigenvalue weighted by molar-refractivity contribution is 5.45. The molecule has 16 heavy (non-hydrogen) atoms. The molecule has 0 bridgehead atoms. The number of rotatable bonds is 4. The van der Waals surface area contributed by atoms with Crippen LogP contribution in [0.5, 0.6) is 0 Å². The minimum atomic E-state index is -0.314. The third-order valence-corrected chi connectivity index (χ3v) is 1.99. The Balaban J connectivity index is 0.00000106. The van der Waals surface area contributed by atoms with Crippen LogP contribution >= 0.6 is 0 Å². The van der Waals surface area contributed by atoms with Crippen LogP contribution in [0.2, 0.25) is 0 Å². The van der Waals surface area contributed by atoms with E-state index in [4.69, 9.17) is 0 Å². The Hall–Kier alpha value is -1.42. The van der Waals surface area contributed by atoms with E-state index in [1.165, 1.54) is 0 Å². The van der Waals surface area contributed by atoms with E-state index in [-0.39, 0.29) is 5.69 Å². The molecule has 0 amide bonds. The predicted molar refractivity (Wildman–Crippen MR) is 68.4 cm³/mol. The number of hydrogen-bond donors (Lipinski definition) is 2. The van der Waals surface area contributed by atoms with Gasteiger partial charge in [-0.3, -0.25) is 0 Å². The van der Waals surface area contributed by atoms with Crippen molar-refractivity contribution in [2.45, 2.75) is 33.2 Å². The number of aromatic amines is 1. The van der Waals surface area contributed by atoms with Gasteiger partial charge in [0.1, 0.15) is 0 Å². The van der Waals surface area contributed by atoms with Crippen molar-refractivity contribution in [1.29, 1.82) is 0 Å². The minimum absolute atomic E-state index is 0.314. The number of nitrogens with one attached hydrogen (secondary N) is 2. The molecule has 1 unspecified atom stereocenters. The molecule has 2 N–H and O–H groups in total. The Morgan fingerprint density at radius 3 is 2.75 bits per heavy atom. The Bertz CT molecular complexity index is 337. The number of aromatic nitrogens is 2. The zero-order valence-electron chi connectivity index (χ0n) is 10.4. The molecule has 0 aliphatic carbocycles. The van der Waals surface area contributed by atoms with Gasteiger partial charge in [-0.1, -0.05) is 26.0 Å². The zero-order chi connectivity index (χ0) is 12.4. The third-order valence-electron chi connectivity index (χ3n) is 1.99. The fraction of sp³-hybridized carbons (Fsp3) is 0.500. The lowest BCUT2D eigenvalue weighted by Crippen LogP contribution is -2.19. The fourth-order valence-corrected chi connectivity index (χ4v) is 0.970. The van der Waals surface area contributed by atoms with Gasteiger partial charge in [0.25, 0.3) is 0 Å². The van der Waals surface area contributed by atoms with Crippen LogP contribution in [0.4, 0.5) is 0 Å². The summed E-state index contributed by atoms with van der Waals surface area (Å²) in [6, 6.07) is 0.460. The van der Waals surface area contributed by atoms with Crippen LogP contribution in [0, 0.1) is 0 Å². The van der Waals surface area contributed by atoms with E-state index >= 15 is 0 Å². The molecular formula is C12H21N3O. The first kappa shape index (κ1) is 14.6. The molecule has 1 heterocycles. The van der Waals surface area contributed by atoms with Crippen molar-refractivity contribution < 1.29 is 0 Å². The first-order valence-corrected chi connectivity index (χ1v) is 5.61. The van der Waals surface area contributed by atoms with Crippen LogP contribution in [-0.4, -0.2) is 23.1 Å². The molecule has 1 aromatic heterocycles. The Labute approximate surface area is 96.8 Å². The van der Waals surface area contributed by atoms with Crippen molar-refractivity contribution in [2.24, 2.45) is 0 Å². The quantitative estimate of drug-likeness (QED) is 0.818. The molecule has 0 saturated heterocycles. The summed E-state index contributed by atoms with van der Waals surface area (Å²) >= 11 is 0. The van der Waals surface area contributed by atoms with Gasteiger partial charge in [-0.05, 0) is 20.4 Å². The highest BCUT2D eigenvalue weighted by Crippen LogP contribution is 1.98. The van der Waals surface area contributed by atoms with Gasteiger partial charge in [0.15, 0.2) is 0 Å². The van der Waals surface area contributed by atoms with E-state index in [1.807, 2.05) is 27.0 Å². The molecule has 0 aliphatic rings. The summed E-state index contributed by atoms with van der Waals surface area (Å²) in [6.45, 7) is 6.11. The molecule has 4 nitrogen and oxygen atoms in total. The summed E-state index contributed by atoms with van der Waals surface area (Å²) in [5, 5.41) is 3.14. The largest absolute Gasteiger partial charge is 0.344 e. The van der Waals surface area contributed by atoms with Crippen molar-refractivity contribution in [3.05, 3.63) is 34.5 Å². The monoisotopic (exact) mass is 223 g/mol. The molecule has 0 aromatic carbocycles. The molecule has 0 saturated carbocycles. The second-order valence-electron chi connectivity index (χ2n) is 3.18. The maximum absolute atomic E-state index is 10.6. The summed E-state index contributed by atoms with van der Waals surface area (Å²) in [4.78, 5) is 16.8. The number of hydrogen-bond acceptors (Lipinski definition) is 3. The Morgan fingerprint density at radius 1 is 1.56 bits per heavy atom. The molecule has 1 atom stereocenters. The Morgan fingerprint density at radius 2 is 2.25 bits per heavy atom. The van der Waals surface area contributed by atoms with Gasteiger partial charge in [-0.2, -0.15) is 0 Å². The van der Waals surface area contributed by atoms with E-state index in [0.29, 0.717) is 6.04 Å². The molecule has 0 spiro atoms. The molecule has 0 fully saturated rings. The van der Waals surface area contributed by atoms with Crippen molar-refractivity contribution in [1.82, 2.24) is 15.3 Å². The van der Waals surface area contributed by atoms with Crippen LogP contribution in [-0.2, 0) is 0 Å². The molecule has 0 radical (unpaired) electrons. The average Bonchev–Trinajstić information content (AvgIpc) is 2.34. The molecule has 4 heteroatoms. The summed E-state index contributed by atoms with van der Waals surface area (Å²) in [7, 11) is 1.93. The maximum Gasteiger partial charge on any atom is 0.344 e. The number of nitrogens with zero attached hydrogens (tertiary/aromatic N) is 1. The van der Waals surface area contributed by atoms with Crippen LogP contribution in [0.1, 0.15) is 32.8 Å². The summed E-state index contributed by atoms with van der Waals surface area (Å²) in [6.07, 6.45) is 8.15. The van der Waals surface area contributed by atoms with Gasteiger partial charge in [0, 0.05) is 24.0 Å². The summed E-state index contributed by atoms with van der Waals surface area (Å²) < 4.78 is 0. The van der Waals surface area contributed by atoms with Gasteiger partial charge in [-0.25, -0.2) is 9.78 Å².